The zero-order valence-electron chi connectivity index (χ0n) is 11.1. The third-order valence-electron chi connectivity index (χ3n) is 3.71. The van der Waals surface area contributed by atoms with E-state index in [9.17, 15) is 13.2 Å². The molecule has 1 aromatic rings. The molecule has 0 aliphatic carbocycles. The number of hydrogen-bond acceptors (Lipinski definition) is 2. The van der Waals surface area contributed by atoms with Crippen LogP contribution in [0.2, 0.25) is 0 Å². The van der Waals surface area contributed by atoms with E-state index in [-0.39, 0.29) is 5.82 Å². The van der Waals surface area contributed by atoms with Gasteiger partial charge in [-0.2, -0.15) is 9.37 Å². The Morgan fingerprint density at radius 3 is 2.74 bits per heavy atom. The van der Waals surface area contributed by atoms with Crippen molar-refractivity contribution in [2.75, 3.05) is 18.0 Å². The van der Waals surface area contributed by atoms with Crippen LogP contribution in [0.3, 0.4) is 0 Å². The third kappa shape index (κ3) is 3.39. The van der Waals surface area contributed by atoms with E-state index in [1.165, 1.54) is 6.42 Å². The van der Waals surface area contributed by atoms with Gasteiger partial charge in [-0.15, -0.1) is 0 Å². The lowest BCUT2D eigenvalue weighted by Crippen LogP contribution is -2.27. The van der Waals surface area contributed by atoms with Crippen molar-refractivity contribution < 1.29 is 13.2 Å². The molecule has 2 nitrogen and oxygen atoms in total. The second kappa shape index (κ2) is 6.26. The maximum Gasteiger partial charge on any atom is 0.251 e. The lowest BCUT2D eigenvalue weighted by atomic mass is 9.96. The highest BCUT2D eigenvalue weighted by Crippen LogP contribution is 2.26. The lowest BCUT2D eigenvalue weighted by molar-refractivity contribution is 0.434. The molecular formula is C14H19F3N2. The molecule has 0 bridgehead atoms. The van der Waals surface area contributed by atoms with E-state index >= 15 is 0 Å². The molecule has 1 saturated heterocycles. The molecule has 5 heteroatoms. The van der Waals surface area contributed by atoms with E-state index in [0.717, 1.165) is 25.7 Å². The summed E-state index contributed by atoms with van der Waals surface area (Å²) in [6.07, 6.45) is 5.30. The van der Waals surface area contributed by atoms with Crippen molar-refractivity contribution in [3.05, 3.63) is 23.6 Å². The first-order chi connectivity index (χ1) is 9.11. The van der Waals surface area contributed by atoms with Gasteiger partial charge in [0.15, 0.2) is 17.5 Å². The molecule has 0 amide bonds. The average molecular weight is 272 g/mol. The van der Waals surface area contributed by atoms with Gasteiger partial charge >= 0.3 is 0 Å². The highest BCUT2D eigenvalue weighted by molar-refractivity contribution is 5.40. The summed E-state index contributed by atoms with van der Waals surface area (Å²) in [5.74, 6) is -2.67. The molecule has 1 aromatic heterocycles. The van der Waals surface area contributed by atoms with Crippen LogP contribution in [-0.2, 0) is 0 Å². The Kier molecular flexibility index (Phi) is 4.66. The van der Waals surface area contributed by atoms with Crippen molar-refractivity contribution >= 4 is 5.82 Å². The van der Waals surface area contributed by atoms with Crippen LogP contribution in [0, 0.1) is 23.5 Å². The topological polar surface area (TPSA) is 16.1 Å². The number of nitrogens with zero attached hydrogens (tertiary/aromatic N) is 2. The smallest absolute Gasteiger partial charge is 0.251 e. The standard InChI is InChI=1S/C14H19F3N2/c1-2-4-10-5-3-7-19(8-6-10)14-12(16)9-11(15)13(17)18-14/h9-10H,2-8H2,1H3. The van der Waals surface area contributed by atoms with Crippen LogP contribution in [0.1, 0.15) is 39.0 Å². The number of rotatable bonds is 3. The lowest BCUT2D eigenvalue weighted by Gasteiger charge is -2.22. The molecular weight excluding hydrogens is 253 g/mol. The second-order valence-corrected chi connectivity index (χ2v) is 5.14. The van der Waals surface area contributed by atoms with Crippen LogP contribution in [-0.4, -0.2) is 18.1 Å². The maximum atomic E-state index is 13.7. The minimum absolute atomic E-state index is 0.0592. The first-order valence-corrected chi connectivity index (χ1v) is 6.88. The summed E-state index contributed by atoms with van der Waals surface area (Å²) >= 11 is 0. The highest BCUT2D eigenvalue weighted by Gasteiger charge is 2.21. The molecule has 0 N–H and O–H groups in total. The molecule has 0 aromatic carbocycles. The van der Waals surface area contributed by atoms with E-state index in [4.69, 9.17) is 0 Å². The first kappa shape index (κ1) is 14.2. The van der Waals surface area contributed by atoms with Crippen molar-refractivity contribution in [2.45, 2.75) is 39.0 Å². The fourth-order valence-electron chi connectivity index (χ4n) is 2.73. The number of aromatic nitrogens is 1. The Balaban J connectivity index is 2.12. The van der Waals surface area contributed by atoms with Gasteiger partial charge in [0.2, 0.25) is 0 Å². The van der Waals surface area contributed by atoms with Crippen molar-refractivity contribution in [3.63, 3.8) is 0 Å². The summed E-state index contributed by atoms with van der Waals surface area (Å²) < 4.78 is 39.7. The van der Waals surface area contributed by atoms with Gasteiger partial charge in [0.1, 0.15) is 0 Å². The molecule has 0 saturated carbocycles. The summed E-state index contributed by atoms with van der Waals surface area (Å²) in [5, 5.41) is 0. The average Bonchev–Trinajstić information content (AvgIpc) is 2.60. The quantitative estimate of drug-likeness (QED) is 0.776. The van der Waals surface area contributed by atoms with Gasteiger partial charge < -0.3 is 4.90 Å². The predicted octanol–water partition coefficient (Wildman–Crippen LogP) is 3.91. The zero-order valence-corrected chi connectivity index (χ0v) is 11.1. The molecule has 2 heterocycles. The van der Waals surface area contributed by atoms with E-state index < -0.39 is 17.6 Å². The van der Waals surface area contributed by atoms with Crippen molar-refractivity contribution in [1.29, 1.82) is 0 Å². The van der Waals surface area contributed by atoms with Gasteiger partial charge in [-0.25, -0.2) is 8.78 Å². The molecule has 1 unspecified atom stereocenters. The van der Waals surface area contributed by atoms with Crippen molar-refractivity contribution in [2.24, 2.45) is 5.92 Å². The van der Waals surface area contributed by atoms with E-state index in [1.54, 1.807) is 4.90 Å². The Morgan fingerprint density at radius 2 is 2.00 bits per heavy atom. The summed E-state index contributed by atoms with van der Waals surface area (Å²) in [6.45, 7) is 3.45. The minimum Gasteiger partial charge on any atom is -0.354 e. The van der Waals surface area contributed by atoms with Gasteiger partial charge in [0, 0.05) is 19.2 Å². The number of halogens is 3. The molecule has 106 valence electrons. The molecule has 19 heavy (non-hydrogen) atoms. The largest absolute Gasteiger partial charge is 0.354 e. The monoisotopic (exact) mass is 272 g/mol. The number of anilines is 1. The summed E-state index contributed by atoms with van der Waals surface area (Å²) in [5.41, 5.74) is 0. The predicted molar refractivity (Wildman–Crippen MR) is 68.6 cm³/mol. The van der Waals surface area contributed by atoms with E-state index in [0.29, 0.717) is 25.1 Å². The Labute approximate surface area is 111 Å². The zero-order chi connectivity index (χ0) is 13.8. The molecule has 1 aliphatic rings. The highest BCUT2D eigenvalue weighted by atomic mass is 19.2. The van der Waals surface area contributed by atoms with Crippen LogP contribution in [0.25, 0.3) is 0 Å². The normalized spacial score (nSPS) is 20.4. The van der Waals surface area contributed by atoms with Gasteiger partial charge in [-0.3, -0.25) is 0 Å². The summed E-state index contributed by atoms with van der Waals surface area (Å²) in [6, 6.07) is 0.575. The van der Waals surface area contributed by atoms with Gasteiger partial charge in [0.25, 0.3) is 5.95 Å². The maximum absolute atomic E-state index is 13.7. The minimum atomic E-state index is -1.24. The van der Waals surface area contributed by atoms with Crippen LogP contribution in [0.4, 0.5) is 19.0 Å². The van der Waals surface area contributed by atoms with Crippen LogP contribution in [0.5, 0.6) is 0 Å². The van der Waals surface area contributed by atoms with Crippen molar-refractivity contribution in [3.8, 4) is 0 Å². The van der Waals surface area contributed by atoms with Crippen LogP contribution >= 0.6 is 0 Å². The molecule has 1 aliphatic heterocycles. The van der Waals surface area contributed by atoms with Gasteiger partial charge in [0.05, 0.1) is 0 Å². The SMILES string of the molecule is CCCC1CCCN(c2nc(F)c(F)cc2F)CC1. The Hall–Kier alpha value is -1.26. The number of pyridine rings is 1. The third-order valence-corrected chi connectivity index (χ3v) is 3.71. The fourth-order valence-corrected chi connectivity index (χ4v) is 2.73. The van der Waals surface area contributed by atoms with Crippen LogP contribution < -0.4 is 4.90 Å². The van der Waals surface area contributed by atoms with E-state index in [1.807, 2.05) is 0 Å². The molecule has 1 fully saturated rings. The molecule has 0 radical (unpaired) electrons. The molecule has 2 rings (SSSR count). The van der Waals surface area contributed by atoms with E-state index in [2.05, 4.69) is 11.9 Å². The van der Waals surface area contributed by atoms with Crippen molar-refractivity contribution in [1.82, 2.24) is 4.98 Å². The summed E-state index contributed by atoms with van der Waals surface area (Å²) in [7, 11) is 0. The number of hydrogen-bond donors (Lipinski definition) is 0. The van der Waals surface area contributed by atoms with Gasteiger partial charge in [-0.1, -0.05) is 19.8 Å². The second-order valence-electron chi connectivity index (χ2n) is 5.14. The molecule has 0 spiro atoms. The first-order valence-electron chi connectivity index (χ1n) is 6.88. The molecule has 1 atom stereocenters. The van der Waals surface area contributed by atoms with Gasteiger partial charge in [-0.05, 0) is 25.2 Å². The Bertz CT molecular complexity index is 437. The summed E-state index contributed by atoms with van der Waals surface area (Å²) in [4.78, 5) is 5.15. The fraction of sp³-hybridized carbons (Fsp3) is 0.643. The Morgan fingerprint density at radius 1 is 1.21 bits per heavy atom. The van der Waals surface area contributed by atoms with Crippen LogP contribution in [0.15, 0.2) is 6.07 Å².